The van der Waals surface area contributed by atoms with Gasteiger partial charge < -0.3 is 10.1 Å². The van der Waals surface area contributed by atoms with Crippen molar-refractivity contribution < 1.29 is 27.5 Å². The molecule has 0 fully saturated rings. The summed E-state index contributed by atoms with van der Waals surface area (Å²) >= 11 is 6.04. The van der Waals surface area contributed by atoms with Crippen LogP contribution in [0.4, 0.5) is 11.4 Å². The summed E-state index contributed by atoms with van der Waals surface area (Å²) in [6.45, 7) is 0. The fourth-order valence-electron chi connectivity index (χ4n) is 2.58. The maximum Gasteiger partial charge on any atom is 0.337 e. The number of hydrogen-bond acceptors (Lipinski definition) is 7. The number of carbonyl (C=O) groups is 3. The van der Waals surface area contributed by atoms with Gasteiger partial charge in [-0.3, -0.25) is 9.59 Å². The van der Waals surface area contributed by atoms with Crippen LogP contribution in [-0.2, 0) is 24.3 Å². The highest BCUT2D eigenvalue weighted by atomic mass is 35.5. The first-order chi connectivity index (χ1) is 13.6. The van der Waals surface area contributed by atoms with Gasteiger partial charge >= 0.3 is 5.97 Å². The molecule has 29 heavy (non-hydrogen) atoms. The SMILES string of the molecule is COC(=O)c1ccc(N2C(=O)C(Cl)=C(Nc3ccc(S(N)(=O)=O)cc3)C2=O)cc1. The van der Waals surface area contributed by atoms with Crippen molar-refractivity contribution in [3.8, 4) is 0 Å². The second kappa shape index (κ2) is 7.66. The molecule has 2 amide bonds. The number of benzene rings is 2. The molecule has 3 N–H and O–H groups in total. The molecule has 0 radical (unpaired) electrons. The Morgan fingerprint density at radius 3 is 2.14 bits per heavy atom. The molecule has 0 aromatic heterocycles. The predicted molar refractivity (Wildman–Crippen MR) is 105 cm³/mol. The molecular weight excluding hydrogens is 422 g/mol. The molecule has 3 rings (SSSR count). The minimum absolute atomic E-state index is 0.107. The molecule has 0 saturated heterocycles. The van der Waals surface area contributed by atoms with E-state index in [1.807, 2.05) is 0 Å². The van der Waals surface area contributed by atoms with E-state index in [0.29, 0.717) is 5.69 Å². The molecule has 0 bridgehead atoms. The Labute approximate surface area is 170 Å². The Morgan fingerprint density at radius 2 is 1.62 bits per heavy atom. The highest BCUT2D eigenvalue weighted by molar-refractivity contribution is 7.89. The molecule has 0 unspecified atom stereocenters. The lowest BCUT2D eigenvalue weighted by Crippen LogP contribution is -2.32. The minimum Gasteiger partial charge on any atom is -0.465 e. The van der Waals surface area contributed by atoms with Gasteiger partial charge in [0.15, 0.2) is 0 Å². The summed E-state index contributed by atoms with van der Waals surface area (Å²) in [6.07, 6.45) is 0. The van der Waals surface area contributed by atoms with Gasteiger partial charge in [-0.25, -0.2) is 23.3 Å². The monoisotopic (exact) mass is 435 g/mol. The van der Waals surface area contributed by atoms with E-state index in [1.165, 1.54) is 55.6 Å². The van der Waals surface area contributed by atoms with Crippen molar-refractivity contribution in [1.82, 2.24) is 0 Å². The van der Waals surface area contributed by atoms with Crippen LogP contribution in [0.1, 0.15) is 10.4 Å². The van der Waals surface area contributed by atoms with Gasteiger partial charge in [0.25, 0.3) is 11.8 Å². The van der Waals surface area contributed by atoms with E-state index in [-0.39, 0.29) is 26.9 Å². The molecule has 11 heteroatoms. The van der Waals surface area contributed by atoms with Crippen molar-refractivity contribution in [3.63, 3.8) is 0 Å². The Bertz CT molecular complexity index is 1140. The lowest BCUT2D eigenvalue weighted by atomic mass is 10.2. The zero-order chi connectivity index (χ0) is 21.3. The number of sulfonamides is 1. The summed E-state index contributed by atoms with van der Waals surface area (Å²) in [5.41, 5.74) is 0.626. The highest BCUT2D eigenvalue weighted by Gasteiger charge is 2.39. The number of primary sulfonamides is 1. The summed E-state index contributed by atoms with van der Waals surface area (Å²) < 4.78 is 27.2. The first-order valence-electron chi connectivity index (χ1n) is 8.00. The summed E-state index contributed by atoms with van der Waals surface area (Å²) in [6, 6.07) is 10.9. The van der Waals surface area contributed by atoms with Gasteiger partial charge in [-0.1, -0.05) is 11.6 Å². The summed E-state index contributed by atoms with van der Waals surface area (Å²) in [5, 5.41) is 7.42. The number of amides is 2. The molecule has 1 heterocycles. The number of anilines is 2. The predicted octanol–water partition coefficient (Wildman–Crippen LogP) is 1.56. The third-order valence-electron chi connectivity index (χ3n) is 4.03. The van der Waals surface area contributed by atoms with Crippen LogP contribution >= 0.6 is 11.6 Å². The fraction of sp³-hybridized carbons (Fsp3) is 0.0556. The van der Waals surface area contributed by atoms with E-state index in [0.717, 1.165) is 4.90 Å². The molecule has 1 aliphatic rings. The third-order valence-corrected chi connectivity index (χ3v) is 5.31. The lowest BCUT2D eigenvalue weighted by Gasteiger charge is -2.15. The summed E-state index contributed by atoms with van der Waals surface area (Å²) in [7, 11) is -2.62. The van der Waals surface area contributed by atoms with Gasteiger partial charge in [0.2, 0.25) is 10.0 Å². The lowest BCUT2D eigenvalue weighted by molar-refractivity contribution is -0.120. The minimum atomic E-state index is -3.86. The second-order valence-electron chi connectivity index (χ2n) is 5.87. The number of nitrogens with one attached hydrogen (secondary N) is 1. The van der Waals surface area contributed by atoms with Gasteiger partial charge in [0.05, 0.1) is 23.3 Å². The number of carbonyl (C=O) groups excluding carboxylic acids is 3. The largest absolute Gasteiger partial charge is 0.465 e. The van der Waals surface area contributed by atoms with Gasteiger partial charge in [-0.2, -0.15) is 0 Å². The van der Waals surface area contributed by atoms with Crippen molar-refractivity contribution in [2.45, 2.75) is 4.90 Å². The van der Waals surface area contributed by atoms with Crippen LogP contribution < -0.4 is 15.4 Å². The molecule has 2 aromatic carbocycles. The molecule has 150 valence electrons. The van der Waals surface area contributed by atoms with Gasteiger partial charge in [-0.05, 0) is 48.5 Å². The Hall–Kier alpha value is -3.21. The molecule has 1 aliphatic heterocycles. The number of rotatable bonds is 5. The smallest absolute Gasteiger partial charge is 0.337 e. The van der Waals surface area contributed by atoms with Crippen LogP contribution in [0, 0.1) is 0 Å². The number of ether oxygens (including phenoxy) is 1. The van der Waals surface area contributed by atoms with Crippen LogP contribution in [0.3, 0.4) is 0 Å². The van der Waals surface area contributed by atoms with Crippen LogP contribution in [0.2, 0.25) is 0 Å². The standard InChI is InChI=1S/C18H14ClN3O6S/c1-28-18(25)10-2-6-12(7-3-10)22-16(23)14(19)15(17(22)24)21-11-4-8-13(9-5-11)29(20,26)27/h2-9,21H,1H3,(H2,20,26,27). The zero-order valence-electron chi connectivity index (χ0n) is 14.9. The van der Waals surface area contributed by atoms with E-state index in [2.05, 4.69) is 10.1 Å². The van der Waals surface area contributed by atoms with Gasteiger partial charge in [-0.15, -0.1) is 0 Å². The number of hydrogen-bond donors (Lipinski definition) is 2. The number of methoxy groups -OCH3 is 1. The van der Waals surface area contributed by atoms with E-state index < -0.39 is 27.8 Å². The molecule has 0 atom stereocenters. The number of nitrogens with two attached hydrogens (primary N) is 1. The fourth-order valence-corrected chi connectivity index (χ4v) is 3.31. The molecule has 0 saturated carbocycles. The van der Waals surface area contributed by atoms with Crippen molar-refractivity contribution >= 4 is 50.8 Å². The molecule has 0 spiro atoms. The number of imide groups is 1. The zero-order valence-corrected chi connectivity index (χ0v) is 16.5. The van der Waals surface area contributed by atoms with Crippen LogP contribution in [0.15, 0.2) is 64.2 Å². The van der Waals surface area contributed by atoms with E-state index in [1.54, 1.807) is 0 Å². The van der Waals surface area contributed by atoms with Gasteiger partial charge in [0, 0.05) is 5.69 Å². The van der Waals surface area contributed by atoms with Crippen LogP contribution in [-0.4, -0.2) is 33.3 Å². The maximum absolute atomic E-state index is 12.7. The molecule has 2 aromatic rings. The average molecular weight is 436 g/mol. The first-order valence-corrected chi connectivity index (χ1v) is 9.92. The van der Waals surface area contributed by atoms with Crippen LogP contribution in [0.5, 0.6) is 0 Å². The second-order valence-corrected chi connectivity index (χ2v) is 7.81. The number of nitrogens with zero attached hydrogens (tertiary/aromatic N) is 1. The topological polar surface area (TPSA) is 136 Å². The molecular formula is C18H14ClN3O6S. The number of esters is 1. The van der Waals surface area contributed by atoms with E-state index >= 15 is 0 Å². The van der Waals surface area contributed by atoms with Crippen molar-refractivity contribution in [2.24, 2.45) is 5.14 Å². The highest BCUT2D eigenvalue weighted by Crippen LogP contribution is 2.30. The molecule has 0 aliphatic carbocycles. The summed E-state index contributed by atoms with van der Waals surface area (Å²) in [4.78, 5) is 37.4. The van der Waals surface area contributed by atoms with Gasteiger partial charge in [0.1, 0.15) is 10.7 Å². The Morgan fingerprint density at radius 1 is 1.03 bits per heavy atom. The molecule has 9 nitrogen and oxygen atoms in total. The normalized spacial score (nSPS) is 14.4. The maximum atomic E-state index is 12.7. The average Bonchev–Trinajstić information content (AvgIpc) is 2.90. The quantitative estimate of drug-likeness (QED) is 0.537. The van der Waals surface area contributed by atoms with E-state index in [9.17, 15) is 22.8 Å². The van der Waals surface area contributed by atoms with E-state index in [4.69, 9.17) is 16.7 Å². The Balaban J connectivity index is 1.84. The summed E-state index contributed by atoms with van der Waals surface area (Å²) in [5.74, 6) is -2.01. The van der Waals surface area contributed by atoms with Crippen molar-refractivity contribution in [2.75, 3.05) is 17.3 Å². The Kier molecular flexibility index (Phi) is 5.42. The first kappa shape index (κ1) is 20.5. The third kappa shape index (κ3) is 3.99. The number of halogens is 1. The van der Waals surface area contributed by atoms with Crippen LogP contribution in [0.25, 0.3) is 0 Å². The van der Waals surface area contributed by atoms with Crippen molar-refractivity contribution in [3.05, 3.63) is 64.8 Å². The van der Waals surface area contributed by atoms with Crippen molar-refractivity contribution in [1.29, 1.82) is 0 Å².